The topological polar surface area (TPSA) is 85.8 Å². The summed E-state index contributed by atoms with van der Waals surface area (Å²) < 4.78 is 1.80. The monoisotopic (exact) mass is 421 g/mol. The van der Waals surface area contributed by atoms with Crippen LogP contribution in [0.3, 0.4) is 0 Å². The maximum atomic E-state index is 13.3. The molecular formula is C26H23N5O. The van der Waals surface area contributed by atoms with Crippen molar-refractivity contribution in [2.45, 2.75) is 20.4 Å². The van der Waals surface area contributed by atoms with Crippen molar-refractivity contribution in [3.05, 3.63) is 95.1 Å². The second kappa shape index (κ2) is 7.81. The lowest BCUT2D eigenvalue weighted by Gasteiger charge is -2.09. The Morgan fingerprint density at radius 2 is 1.47 bits per heavy atom. The van der Waals surface area contributed by atoms with Gasteiger partial charge >= 0.3 is 0 Å². The van der Waals surface area contributed by atoms with Crippen LogP contribution in [0.4, 0.5) is 5.82 Å². The largest absolute Gasteiger partial charge is 0.384 e. The van der Waals surface area contributed by atoms with Crippen molar-refractivity contribution in [1.29, 1.82) is 0 Å². The molecule has 0 atom stereocenters. The van der Waals surface area contributed by atoms with Crippen molar-refractivity contribution < 1.29 is 4.79 Å². The fraction of sp³-hybridized carbons (Fsp3) is 0.115. The van der Waals surface area contributed by atoms with E-state index in [0.717, 1.165) is 22.3 Å². The van der Waals surface area contributed by atoms with Crippen molar-refractivity contribution >= 4 is 33.9 Å². The summed E-state index contributed by atoms with van der Waals surface area (Å²) >= 11 is 0. The lowest BCUT2D eigenvalue weighted by Crippen LogP contribution is -2.24. The molecule has 0 aliphatic heterocycles. The standard InChI is InChI=1S/C26H23N5O/c1-16-7-11-18(12-8-16)15-28-26(32)22-23-25(30-21-6-4-3-5-20(21)29-23)31(24(22)27)19-13-9-17(2)10-14-19/h3-14H,15,27H2,1-2H3,(H,28,32). The zero-order chi connectivity index (χ0) is 22.2. The molecule has 0 bridgehead atoms. The zero-order valence-corrected chi connectivity index (χ0v) is 18.0. The van der Waals surface area contributed by atoms with Gasteiger partial charge in [-0.15, -0.1) is 0 Å². The summed E-state index contributed by atoms with van der Waals surface area (Å²) in [6, 6.07) is 23.6. The minimum atomic E-state index is -0.275. The van der Waals surface area contributed by atoms with E-state index in [1.807, 2.05) is 86.6 Å². The predicted molar refractivity (Wildman–Crippen MR) is 128 cm³/mol. The van der Waals surface area contributed by atoms with E-state index < -0.39 is 0 Å². The molecule has 6 nitrogen and oxygen atoms in total. The first-order valence-corrected chi connectivity index (χ1v) is 10.5. The van der Waals surface area contributed by atoms with Gasteiger partial charge in [-0.3, -0.25) is 9.36 Å². The molecule has 0 unspecified atom stereocenters. The third-order valence-corrected chi connectivity index (χ3v) is 5.59. The number of amides is 1. The Labute approximate surface area is 185 Å². The molecule has 2 heterocycles. The van der Waals surface area contributed by atoms with E-state index in [0.29, 0.717) is 34.6 Å². The van der Waals surface area contributed by atoms with E-state index in [1.165, 1.54) is 5.56 Å². The number of hydrogen-bond donors (Lipinski definition) is 2. The van der Waals surface area contributed by atoms with Crippen LogP contribution in [0.15, 0.2) is 72.8 Å². The smallest absolute Gasteiger partial charge is 0.257 e. The predicted octanol–water partition coefficient (Wildman–Crippen LogP) is 4.70. The van der Waals surface area contributed by atoms with Crippen LogP contribution in [0.1, 0.15) is 27.0 Å². The normalized spacial score (nSPS) is 11.2. The summed E-state index contributed by atoms with van der Waals surface area (Å²) in [6.07, 6.45) is 0. The molecule has 6 heteroatoms. The van der Waals surface area contributed by atoms with E-state index in [4.69, 9.17) is 15.7 Å². The number of nitrogens with zero attached hydrogens (tertiary/aromatic N) is 3. The van der Waals surface area contributed by atoms with Crippen molar-refractivity contribution in [3.63, 3.8) is 0 Å². The van der Waals surface area contributed by atoms with Gasteiger partial charge in [-0.2, -0.15) is 0 Å². The number of fused-ring (bicyclic) bond motifs is 2. The highest BCUT2D eigenvalue weighted by Gasteiger charge is 2.24. The van der Waals surface area contributed by atoms with Crippen LogP contribution in [0.2, 0.25) is 0 Å². The van der Waals surface area contributed by atoms with Crippen LogP contribution < -0.4 is 11.1 Å². The van der Waals surface area contributed by atoms with Crippen molar-refractivity contribution in [2.75, 3.05) is 5.73 Å². The molecule has 0 radical (unpaired) electrons. The summed E-state index contributed by atoms with van der Waals surface area (Å²) in [7, 11) is 0. The number of carbonyl (C=O) groups excluding carboxylic acids is 1. The molecule has 0 aliphatic carbocycles. The van der Waals surface area contributed by atoms with E-state index >= 15 is 0 Å². The third-order valence-electron chi connectivity index (χ3n) is 5.59. The van der Waals surface area contributed by atoms with Crippen LogP contribution in [-0.2, 0) is 6.54 Å². The van der Waals surface area contributed by atoms with Crippen LogP contribution >= 0.6 is 0 Å². The number of aromatic nitrogens is 3. The van der Waals surface area contributed by atoms with E-state index in [2.05, 4.69) is 5.32 Å². The lowest BCUT2D eigenvalue weighted by molar-refractivity contribution is 0.0953. The van der Waals surface area contributed by atoms with Crippen LogP contribution in [0.25, 0.3) is 27.9 Å². The fourth-order valence-electron chi connectivity index (χ4n) is 3.82. The number of nitrogens with two attached hydrogens (primary N) is 1. The maximum Gasteiger partial charge on any atom is 0.257 e. The number of para-hydroxylation sites is 2. The first kappa shape index (κ1) is 19.8. The molecule has 32 heavy (non-hydrogen) atoms. The van der Waals surface area contributed by atoms with E-state index in [-0.39, 0.29) is 5.91 Å². The second-order valence-corrected chi connectivity index (χ2v) is 7.98. The average Bonchev–Trinajstić information content (AvgIpc) is 3.08. The molecule has 0 fully saturated rings. The number of nitrogens with one attached hydrogen (secondary N) is 1. The first-order valence-electron chi connectivity index (χ1n) is 10.5. The van der Waals surface area contributed by atoms with Gasteiger partial charge in [0.1, 0.15) is 16.9 Å². The molecule has 0 saturated heterocycles. The van der Waals surface area contributed by atoms with Crippen LogP contribution in [0, 0.1) is 13.8 Å². The zero-order valence-electron chi connectivity index (χ0n) is 18.0. The Morgan fingerprint density at radius 3 is 2.12 bits per heavy atom. The summed E-state index contributed by atoms with van der Waals surface area (Å²) in [5, 5.41) is 2.99. The van der Waals surface area contributed by atoms with Crippen molar-refractivity contribution in [1.82, 2.24) is 19.9 Å². The van der Waals surface area contributed by atoms with Gasteiger partial charge in [0.15, 0.2) is 5.65 Å². The number of benzene rings is 3. The Balaban J connectivity index is 1.64. The Morgan fingerprint density at radius 1 is 0.875 bits per heavy atom. The molecular weight excluding hydrogens is 398 g/mol. The van der Waals surface area contributed by atoms with Gasteiger partial charge in [-0.05, 0) is 43.7 Å². The van der Waals surface area contributed by atoms with Gasteiger partial charge in [0.2, 0.25) is 0 Å². The molecule has 0 spiro atoms. The van der Waals surface area contributed by atoms with E-state index in [1.54, 1.807) is 4.57 Å². The summed E-state index contributed by atoms with van der Waals surface area (Å²) in [6.45, 7) is 4.46. The molecule has 3 N–H and O–H groups in total. The van der Waals surface area contributed by atoms with E-state index in [9.17, 15) is 4.79 Å². The molecule has 1 amide bonds. The molecule has 0 saturated carbocycles. The second-order valence-electron chi connectivity index (χ2n) is 7.98. The minimum Gasteiger partial charge on any atom is -0.384 e. The molecule has 5 aromatic rings. The summed E-state index contributed by atoms with van der Waals surface area (Å²) in [5.74, 6) is 0.0454. The number of hydrogen-bond acceptors (Lipinski definition) is 4. The number of nitrogen functional groups attached to an aromatic ring is 1. The van der Waals surface area contributed by atoms with Gasteiger partial charge in [0.05, 0.1) is 11.0 Å². The highest BCUT2D eigenvalue weighted by molar-refractivity contribution is 6.11. The first-order chi connectivity index (χ1) is 15.5. The minimum absolute atomic E-state index is 0.275. The van der Waals surface area contributed by atoms with Crippen molar-refractivity contribution in [3.8, 4) is 5.69 Å². The van der Waals surface area contributed by atoms with Crippen molar-refractivity contribution in [2.24, 2.45) is 0 Å². The SMILES string of the molecule is Cc1ccc(CNC(=O)c2c(N)n(-c3ccc(C)cc3)c3nc4ccccc4nc23)cc1. The van der Waals surface area contributed by atoms with Gasteiger partial charge in [-0.1, -0.05) is 59.7 Å². The average molecular weight is 422 g/mol. The van der Waals surface area contributed by atoms with Gasteiger partial charge in [-0.25, -0.2) is 9.97 Å². The number of anilines is 1. The number of carbonyl (C=O) groups is 1. The number of rotatable bonds is 4. The Bertz CT molecular complexity index is 1450. The molecule has 5 rings (SSSR count). The quantitative estimate of drug-likeness (QED) is 0.440. The summed E-state index contributed by atoms with van der Waals surface area (Å²) in [5.41, 5.74) is 13.6. The lowest BCUT2D eigenvalue weighted by atomic mass is 10.1. The Hall–Kier alpha value is -4.19. The van der Waals surface area contributed by atoms with Gasteiger partial charge in [0, 0.05) is 12.2 Å². The molecule has 2 aromatic heterocycles. The van der Waals surface area contributed by atoms with Crippen LogP contribution in [-0.4, -0.2) is 20.4 Å². The molecule has 3 aromatic carbocycles. The number of aryl methyl sites for hydroxylation is 2. The maximum absolute atomic E-state index is 13.3. The van der Waals surface area contributed by atoms with Gasteiger partial charge in [0.25, 0.3) is 5.91 Å². The molecule has 0 aliphatic rings. The van der Waals surface area contributed by atoms with Crippen LogP contribution in [0.5, 0.6) is 0 Å². The highest BCUT2D eigenvalue weighted by atomic mass is 16.1. The fourth-order valence-corrected chi connectivity index (χ4v) is 3.82. The Kier molecular flexibility index (Phi) is 4.82. The van der Waals surface area contributed by atoms with Gasteiger partial charge < -0.3 is 11.1 Å². The summed E-state index contributed by atoms with van der Waals surface area (Å²) in [4.78, 5) is 22.9. The molecule has 158 valence electrons. The third kappa shape index (κ3) is 3.46. The highest BCUT2D eigenvalue weighted by Crippen LogP contribution is 2.31.